The largest absolute Gasteiger partial charge is 0.289 e. The van der Waals surface area contributed by atoms with E-state index >= 15 is 0 Å². The van der Waals surface area contributed by atoms with Crippen LogP contribution in [0.4, 0.5) is 0 Å². The smallest absolute Gasteiger partial charge is 0.262 e. The molecule has 11 heteroatoms. The molecule has 0 saturated heterocycles. The lowest BCUT2D eigenvalue weighted by Gasteiger charge is -2.18. The van der Waals surface area contributed by atoms with Gasteiger partial charge in [0.05, 0.1) is 9.79 Å². The Balaban J connectivity index is 2.19. The average molecular weight is 428 g/mol. The molecule has 1 amide bonds. The SMILES string of the molecule is Cc1ccc(S(=O)(=O)NCC(NS(=O)(=O)c2ccc(C)cc2)C(=O)NO)cc1. The van der Waals surface area contributed by atoms with E-state index in [-0.39, 0.29) is 9.79 Å². The second-order valence-corrected chi connectivity index (χ2v) is 9.61. The van der Waals surface area contributed by atoms with Crippen molar-refractivity contribution in [3.05, 3.63) is 59.7 Å². The van der Waals surface area contributed by atoms with Crippen LogP contribution in [-0.2, 0) is 24.8 Å². The van der Waals surface area contributed by atoms with Gasteiger partial charge in [0.2, 0.25) is 20.0 Å². The molecule has 1 atom stereocenters. The van der Waals surface area contributed by atoms with Crippen molar-refractivity contribution < 1.29 is 26.8 Å². The zero-order valence-electron chi connectivity index (χ0n) is 15.2. The minimum Gasteiger partial charge on any atom is -0.289 e. The molecule has 0 spiro atoms. The van der Waals surface area contributed by atoms with Gasteiger partial charge < -0.3 is 0 Å². The second-order valence-electron chi connectivity index (χ2n) is 6.13. The van der Waals surface area contributed by atoms with E-state index in [1.165, 1.54) is 29.7 Å². The van der Waals surface area contributed by atoms with Crippen molar-refractivity contribution in [2.75, 3.05) is 6.54 Å². The molecule has 0 aromatic heterocycles. The number of amides is 1. The summed E-state index contributed by atoms with van der Waals surface area (Å²) in [4.78, 5) is 11.7. The molecule has 4 N–H and O–H groups in total. The van der Waals surface area contributed by atoms with Crippen molar-refractivity contribution in [3.8, 4) is 0 Å². The Morgan fingerprint density at radius 3 is 1.71 bits per heavy atom. The third kappa shape index (κ3) is 5.59. The number of carbonyl (C=O) groups is 1. The summed E-state index contributed by atoms with van der Waals surface area (Å²) < 4.78 is 53.9. The molecule has 0 saturated carbocycles. The predicted molar refractivity (Wildman–Crippen MR) is 102 cm³/mol. The lowest BCUT2D eigenvalue weighted by atomic mass is 10.2. The van der Waals surface area contributed by atoms with Gasteiger partial charge in [0.25, 0.3) is 5.91 Å². The van der Waals surface area contributed by atoms with Crippen molar-refractivity contribution in [1.82, 2.24) is 14.9 Å². The zero-order valence-corrected chi connectivity index (χ0v) is 16.8. The summed E-state index contributed by atoms with van der Waals surface area (Å²) in [6.45, 7) is 2.98. The standard InChI is InChI=1S/C17H21N3O6S2/c1-12-3-7-14(8-4-12)27(23,24)18-11-16(17(21)19-22)20-28(25,26)15-9-5-13(2)6-10-15/h3-10,16,18,20,22H,11H2,1-2H3,(H,19,21). The Morgan fingerprint density at radius 2 is 1.29 bits per heavy atom. The first kappa shape index (κ1) is 22.0. The van der Waals surface area contributed by atoms with Crippen molar-refractivity contribution in [2.45, 2.75) is 29.7 Å². The van der Waals surface area contributed by atoms with E-state index in [2.05, 4.69) is 9.44 Å². The highest BCUT2D eigenvalue weighted by atomic mass is 32.2. The fourth-order valence-electron chi connectivity index (χ4n) is 2.23. The van der Waals surface area contributed by atoms with Crippen LogP contribution in [0.15, 0.2) is 58.3 Å². The number of aryl methyl sites for hydroxylation is 2. The van der Waals surface area contributed by atoms with E-state index < -0.39 is 38.5 Å². The average Bonchev–Trinajstić information content (AvgIpc) is 2.65. The third-order valence-corrected chi connectivity index (χ3v) is 6.79. The van der Waals surface area contributed by atoms with Crippen molar-refractivity contribution in [1.29, 1.82) is 0 Å². The molecule has 2 rings (SSSR count). The lowest BCUT2D eigenvalue weighted by Crippen LogP contribution is -2.51. The molecule has 0 aliphatic heterocycles. The van der Waals surface area contributed by atoms with E-state index in [4.69, 9.17) is 5.21 Å². The van der Waals surface area contributed by atoms with Crippen LogP contribution in [0, 0.1) is 13.8 Å². The number of rotatable bonds is 8. The summed E-state index contributed by atoms with van der Waals surface area (Å²) in [5.74, 6) is -1.11. The molecule has 0 radical (unpaired) electrons. The van der Waals surface area contributed by atoms with Gasteiger partial charge in [-0.25, -0.2) is 27.0 Å². The minimum atomic E-state index is -4.13. The van der Waals surface area contributed by atoms with Gasteiger partial charge in [-0.3, -0.25) is 10.0 Å². The quantitative estimate of drug-likeness (QED) is 0.356. The van der Waals surface area contributed by atoms with Crippen LogP contribution in [0.5, 0.6) is 0 Å². The molecule has 152 valence electrons. The van der Waals surface area contributed by atoms with Crippen molar-refractivity contribution >= 4 is 26.0 Å². The molecule has 0 bridgehead atoms. The maximum absolute atomic E-state index is 12.5. The van der Waals surface area contributed by atoms with Gasteiger partial charge in [-0.15, -0.1) is 0 Å². The Hall–Kier alpha value is -2.31. The van der Waals surface area contributed by atoms with Gasteiger partial charge in [-0.1, -0.05) is 35.4 Å². The fraction of sp³-hybridized carbons (Fsp3) is 0.235. The van der Waals surface area contributed by atoms with Crippen LogP contribution in [0.1, 0.15) is 11.1 Å². The highest BCUT2D eigenvalue weighted by Gasteiger charge is 2.27. The Labute approximate surface area is 163 Å². The van der Waals surface area contributed by atoms with E-state index in [1.54, 1.807) is 38.1 Å². The van der Waals surface area contributed by atoms with Gasteiger partial charge in [0.1, 0.15) is 6.04 Å². The summed E-state index contributed by atoms with van der Waals surface area (Å²) in [5.41, 5.74) is 3.04. The van der Waals surface area contributed by atoms with Gasteiger partial charge in [-0.2, -0.15) is 4.72 Å². The van der Waals surface area contributed by atoms with Crippen LogP contribution in [0.2, 0.25) is 0 Å². The lowest BCUT2D eigenvalue weighted by molar-refractivity contribution is -0.130. The highest BCUT2D eigenvalue weighted by Crippen LogP contribution is 2.12. The number of benzene rings is 2. The topological polar surface area (TPSA) is 142 Å². The summed E-state index contributed by atoms with van der Waals surface area (Å²) in [5, 5.41) is 8.87. The number of hydroxylamine groups is 1. The van der Waals surface area contributed by atoms with Gasteiger partial charge in [-0.05, 0) is 38.1 Å². The van der Waals surface area contributed by atoms with Crippen LogP contribution in [-0.4, -0.2) is 40.5 Å². The van der Waals surface area contributed by atoms with Crippen molar-refractivity contribution in [2.24, 2.45) is 0 Å². The van der Waals surface area contributed by atoms with E-state index in [0.717, 1.165) is 11.1 Å². The number of nitrogens with one attached hydrogen (secondary N) is 3. The Bertz CT molecular complexity index is 1030. The maximum atomic E-state index is 12.5. The molecule has 2 aromatic rings. The first-order valence-electron chi connectivity index (χ1n) is 8.14. The van der Waals surface area contributed by atoms with Crippen LogP contribution >= 0.6 is 0 Å². The Kier molecular flexibility index (Phi) is 6.91. The molecule has 0 aliphatic rings. The van der Waals surface area contributed by atoms with Crippen molar-refractivity contribution in [3.63, 3.8) is 0 Å². The molecule has 0 fully saturated rings. The Morgan fingerprint density at radius 1 is 0.857 bits per heavy atom. The zero-order chi connectivity index (χ0) is 20.9. The number of sulfonamides is 2. The number of hydrogen-bond acceptors (Lipinski definition) is 6. The first-order chi connectivity index (χ1) is 13.0. The summed E-state index contributed by atoms with van der Waals surface area (Å²) in [7, 11) is -8.11. The molecular formula is C17H21N3O6S2. The second kappa shape index (κ2) is 8.80. The van der Waals surface area contributed by atoms with Gasteiger partial charge in [0.15, 0.2) is 0 Å². The highest BCUT2D eigenvalue weighted by molar-refractivity contribution is 7.90. The normalized spacial score (nSPS) is 13.1. The molecule has 28 heavy (non-hydrogen) atoms. The molecule has 0 heterocycles. The molecule has 0 aliphatic carbocycles. The molecule has 2 aromatic carbocycles. The van der Waals surface area contributed by atoms with Gasteiger partial charge in [0, 0.05) is 6.54 Å². The van der Waals surface area contributed by atoms with E-state index in [0.29, 0.717) is 0 Å². The molecule has 9 nitrogen and oxygen atoms in total. The fourth-order valence-corrected chi connectivity index (χ4v) is 4.47. The molecule has 1 unspecified atom stereocenters. The molecular weight excluding hydrogens is 406 g/mol. The summed E-state index contributed by atoms with van der Waals surface area (Å²) in [6.07, 6.45) is 0. The monoisotopic (exact) mass is 427 g/mol. The summed E-state index contributed by atoms with van der Waals surface area (Å²) >= 11 is 0. The predicted octanol–water partition coefficient (Wildman–Crippen LogP) is 0.434. The summed E-state index contributed by atoms with van der Waals surface area (Å²) in [6, 6.07) is 10.3. The van der Waals surface area contributed by atoms with Gasteiger partial charge >= 0.3 is 0 Å². The third-order valence-electron chi connectivity index (χ3n) is 3.86. The van der Waals surface area contributed by atoms with E-state index in [1.807, 2.05) is 0 Å². The first-order valence-corrected chi connectivity index (χ1v) is 11.1. The maximum Gasteiger partial charge on any atom is 0.262 e. The number of carbonyl (C=O) groups excluding carboxylic acids is 1. The van der Waals surface area contributed by atoms with Crippen LogP contribution in [0.3, 0.4) is 0 Å². The van der Waals surface area contributed by atoms with Crippen LogP contribution in [0.25, 0.3) is 0 Å². The number of hydrogen-bond donors (Lipinski definition) is 4. The van der Waals surface area contributed by atoms with E-state index in [9.17, 15) is 21.6 Å². The van der Waals surface area contributed by atoms with Crippen LogP contribution < -0.4 is 14.9 Å². The minimum absolute atomic E-state index is 0.0392.